The molecular weight excluding hydrogens is 160 g/mol. The molecule has 1 heterocycles. The highest BCUT2D eigenvalue weighted by Gasteiger charge is 2.23. The molecule has 5 nitrogen and oxygen atoms in total. The monoisotopic (exact) mass is 168 g/mol. The van der Waals surface area contributed by atoms with Crippen molar-refractivity contribution in [3.05, 3.63) is 0 Å². The number of ether oxygens (including phenoxy) is 1. The molecule has 0 fully saturated rings. The van der Waals surface area contributed by atoms with Crippen LogP contribution in [0, 0.1) is 0 Å². The maximum atomic E-state index is 11.0. The smallest absolute Gasteiger partial charge is 0.362 e. The third-order valence-electron chi connectivity index (χ3n) is 1.20. The molecule has 0 N–H and O–H groups in total. The van der Waals surface area contributed by atoms with Crippen LogP contribution in [0.2, 0.25) is 0 Å². The molecule has 0 unspecified atom stereocenters. The van der Waals surface area contributed by atoms with Crippen LogP contribution in [0.1, 0.15) is 13.3 Å². The van der Waals surface area contributed by atoms with Gasteiger partial charge in [0.1, 0.15) is 6.34 Å². The summed E-state index contributed by atoms with van der Waals surface area (Å²) in [6.45, 7) is 2.16. The molecule has 0 aromatic rings. The van der Waals surface area contributed by atoms with Crippen LogP contribution < -0.4 is 0 Å². The van der Waals surface area contributed by atoms with Gasteiger partial charge in [-0.2, -0.15) is 4.99 Å². The summed E-state index contributed by atoms with van der Waals surface area (Å²) in [5, 5.41) is 0. The summed E-state index contributed by atoms with van der Waals surface area (Å²) in [7, 11) is 0. The third-order valence-corrected chi connectivity index (χ3v) is 1.20. The molecule has 1 aliphatic rings. The van der Waals surface area contributed by atoms with Crippen molar-refractivity contribution in [1.29, 1.82) is 0 Å². The normalized spacial score (nSPS) is 14.8. The highest BCUT2D eigenvalue weighted by molar-refractivity contribution is 6.66. The molecule has 12 heavy (non-hydrogen) atoms. The van der Waals surface area contributed by atoms with Crippen molar-refractivity contribution in [2.75, 3.05) is 6.61 Å². The summed E-state index contributed by atoms with van der Waals surface area (Å²) in [4.78, 5) is 28.5. The Morgan fingerprint density at radius 3 is 2.92 bits per heavy atom. The molecule has 0 aromatic heterocycles. The summed E-state index contributed by atoms with van der Waals surface area (Å²) >= 11 is 0. The van der Waals surface area contributed by atoms with Crippen molar-refractivity contribution >= 4 is 23.9 Å². The van der Waals surface area contributed by atoms with Crippen molar-refractivity contribution < 1.29 is 14.3 Å². The fraction of sp³-hybridized carbons (Fsp3) is 0.429. The van der Waals surface area contributed by atoms with Crippen molar-refractivity contribution in [2.24, 2.45) is 9.98 Å². The Hall–Kier alpha value is -1.52. The second-order valence-corrected chi connectivity index (χ2v) is 2.16. The van der Waals surface area contributed by atoms with Crippen molar-refractivity contribution in [2.45, 2.75) is 13.3 Å². The van der Waals surface area contributed by atoms with Gasteiger partial charge in [-0.05, 0) is 6.42 Å². The zero-order valence-electron chi connectivity index (χ0n) is 6.61. The first-order valence-electron chi connectivity index (χ1n) is 3.57. The minimum absolute atomic E-state index is 0.233. The molecule has 0 atom stereocenters. The standard InChI is InChI=1S/C7H8N2O3/c1-2-3-12-7(11)5-6(10)9-4-8-5/h4H,2-3H2,1H3. The Morgan fingerprint density at radius 2 is 2.42 bits per heavy atom. The average molecular weight is 168 g/mol. The highest BCUT2D eigenvalue weighted by Crippen LogP contribution is 1.95. The zero-order valence-corrected chi connectivity index (χ0v) is 6.61. The molecule has 5 heteroatoms. The van der Waals surface area contributed by atoms with E-state index in [-0.39, 0.29) is 5.71 Å². The van der Waals surface area contributed by atoms with E-state index in [4.69, 9.17) is 0 Å². The molecule has 1 rings (SSSR count). The van der Waals surface area contributed by atoms with Gasteiger partial charge < -0.3 is 4.74 Å². The summed E-state index contributed by atoms with van der Waals surface area (Å²) in [6.07, 6.45) is 1.76. The van der Waals surface area contributed by atoms with Gasteiger partial charge in [0.2, 0.25) is 5.71 Å². The van der Waals surface area contributed by atoms with Crippen LogP contribution in [0.15, 0.2) is 9.98 Å². The van der Waals surface area contributed by atoms with Crippen LogP contribution in [-0.4, -0.2) is 30.5 Å². The number of esters is 1. The van der Waals surface area contributed by atoms with E-state index in [1.165, 1.54) is 0 Å². The molecule has 0 spiro atoms. The van der Waals surface area contributed by atoms with E-state index in [1.807, 2.05) is 6.92 Å². The van der Waals surface area contributed by atoms with Gasteiger partial charge in [0.15, 0.2) is 0 Å². The van der Waals surface area contributed by atoms with E-state index in [2.05, 4.69) is 14.7 Å². The largest absolute Gasteiger partial charge is 0.461 e. The van der Waals surface area contributed by atoms with E-state index >= 15 is 0 Å². The minimum Gasteiger partial charge on any atom is -0.461 e. The van der Waals surface area contributed by atoms with E-state index < -0.39 is 11.9 Å². The van der Waals surface area contributed by atoms with Crippen LogP contribution in [0.3, 0.4) is 0 Å². The van der Waals surface area contributed by atoms with Crippen molar-refractivity contribution in [1.82, 2.24) is 0 Å². The first kappa shape index (κ1) is 8.58. The van der Waals surface area contributed by atoms with Gasteiger partial charge in [-0.25, -0.2) is 9.79 Å². The Bertz CT molecular complexity index is 268. The number of carbonyl (C=O) groups excluding carboxylic acids is 2. The topological polar surface area (TPSA) is 68.1 Å². The number of aliphatic imine (C=N–C) groups is 2. The summed E-state index contributed by atoms with van der Waals surface area (Å²) in [5.41, 5.74) is -0.233. The van der Waals surface area contributed by atoms with Crippen molar-refractivity contribution in [3.63, 3.8) is 0 Å². The fourth-order valence-corrected chi connectivity index (χ4v) is 0.659. The second-order valence-electron chi connectivity index (χ2n) is 2.16. The fourth-order valence-electron chi connectivity index (χ4n) is 0.659. The quantitative estimate of drug-likeness (QED) is 0.555. The van der Waals surface area contributed by atoms with E-state index in [0.29, 0.717) is 13.0 Å². The van der Waals surface area contributed by atoms with Crippen LogP contribution in [-0.2, 0) is 14.3 Å². The van der Waals surface area contributed by atoms with Gasteiger partial charge in [0.25, 0.3) is 0 Å². The number of nitrogens with zero attached hydrogens (tertiary/aromatic N) is 2. The lowest BCUT2D eigenvalue weighted by Gasteiger charge is -1.99. The third kappa shape index (κ3) is 1.75. The molecule has 1 amide bonds. The van der Waals surface area contributed by atoms with Gasteiger partial charge in [0.05, 0.1) is 6.61 Å². The van der Waals surface area contributed by atoms with Crippen molar-refractivity contribution in [3.8, 4) is 0 Å². The number of amides is 1. The lowest BCUT2D eigenvalue weighted by atomic mass is 10.4. The molecule has 0 saturated heterocycles. The molecule has 0 saturated carbocycles. The predicted molar refractivity (Wildman–Crippen MR) is 42.2 cm³/mol. The van der Waals surface area contributed by atoms with Crippen LogP contribution >= 0.6 is 0 Å². The summed E-state index contributed by atoms with van der Waals surface area (Å²) in [5.74, 6) is -1.32. The minimum atomic E-state index is -0.695. The van der Waals surface area contributed by atoms with Crippen LogP contribution in [0.4, 0.5) is 0 Å². The first-order valence-corrected chi connectivity index (χ1v) is 3.57. The Kier molecular flexibility index (Phi) is 2.68. The van der Waals surface area contributed by atoms with E-state index in [0.717, 1.165) is 6.34 Å². The molecule has 1 aliphatic heterocycles. The molecule has 0 aromatic carbocycles. The van der Waals surface area contributed by atoms with E-state index in [1.54, 1.807) is 0 Å². The number of rotatable bonds is 3. The second kappa shape index (κ2) is 3.75. The molecule has 0 aliphatic carbocycles. The SMILES string of the molecule is CCCOC(=O)C1=NC=NC1=O. The number of hydrogen-bond donors (Lipinski definition) is 0. The van der Waals surface area contributed by atoms with Crippen LogP contribution in [0.5, 0.6) is 0 Å². The van der Waals surface area contributed by atoms with Gasteiger partial charge in [-0.1, -0.05) is 6.92 Å². The van der Waals surface area contributed by atoms with Crippen LogP contribution in [0.25, 0.3) is 0 Å². The predicted octanol–water partition coefficient (Wildman–Crippen LogP) is -0.0509. The lowest BCUT2D eigenvalue weighted by Crippen LogP contribution is -2.23. The molecular formula is C7H8N2O3. The zero-order chi connectivity index (χ0) is 8.97. The maximum absolute atomic E-state index is 11.0. The first-order chi connectivity index (χ1) is 5.75. The molecule has 64 valence electrons. The average Bonchev–Trinajstić information content (AvgIpc) is 2.47. The Morgan fingerprint density at radius 1 is 1.67 bits per heavy atom. The van der Waals surface area contributed by atoms with Gasteiger partial charge in [-0.15, -0.1) is 0 Å². The number of hydrogen-bond acceptors (Lipinski definition) is 4. The number of carbonyl (C=O) groups is 2. The maximum Gasteiger partial charge on any atom is 0.362 e. The van der Waals surface area contributed by atoms with Gasteiger partial charge in [0, 0.05) is 0 Å². The summed E-state index contributed by atoms with van der Waals surface area (Å²) < 4.78 is 4.67. The lowest BCUT2D eigenvalue weighted by molar-refractivity contribution is -0.136. The Balaban J connectivity index is 2.49. The van der Waals surface area contributed by atoms with Gasteiger partial charge in [-0.3, -0.25) is 4.79 Å². The Labute approximate surface area is 69.2 Å². The molecule has 0 radical (unpaired) electrons. The van der Waals surface area contributed by atoms with Gasteiger partial charge >= 0.3 is 11.9 Å². The highest BCUT2D eigenvalue weighted by atomic mass is 16.5. The summed E-state index contributed by atoms with van der Waals surface area (Å²) in [6, 6.07) is 0. The van der Waals surface area contributed by atoms with E-state index in [9.17, 15) is 9.59 Å². The molecule has 0 bridgehead atoms.